The number of carboxylic acid groups (broad SMARTS) is 2. The third kappa shape index (κ3) is 6.62. The van der Waals surface area contributed by atoms with E-state index in [2.05, 4.69) is 15.6 Å². The van der Waals surface area contributed by atoms with E-state index in [9.17, 15) is 29.3 Å². The first-order valence-electron chi connectivity index (χ1n) is 8.87. The monoisotopic (exact) mass is 443 g/mol. The Balaban J connectivity index is 2.33. The van der Waals surface area contributed by atoms with E-state index in [-0.39, 0.29) is 11.4 Å². The molecule has 2 rings (SSSR count). The van der Waals surface area contributed by atoms with Gasteiger partial charge in [0, 0.05) is 24.0 Å². The van der Waals surface area contributed by atoms with Crippen LogP contribution in [0.25, 0.3) is 0 Å². The maximum absolute atomic E-state index is 12.6. The quantitative estimate of drug-likeness (QED) is 0.198. The van der Waals surface area contributed by atoms with Crippen LogP contribution < -0.4 is 16.0 Å². The van der Waals surface area contributed by atoms with Gasteiger partial charge in [-0.2, -0.15) is 0 Å². The number of pyridine rings is 1. The molecule has 0 saturated carbocycles. The topological polar surface area (TPSA) is 201 Å². The molecule has 0 spiro atoms. The highest BCUT2D eigenvalue weighted by Crippen LogP contribution is 2.20. The Labute approximate surface area is 179 Å². The highest BCUT2D eigenvalue weighted by molar-refractivity contribution is 6.04. The molecule has 0 radical (unpaired) electrons. The Morgan fingerprint density at radius 1 is 1.09 bits per heavy atom. The van der Waals surface area contributed by atoms with Crippen LogP contribution >= 0.6 is 0 Å². The van der Waals surface area contributed by atoms with Crippen LogP contribution in [0.3, 0.4) is 0 Å². The maximum atomic E-state index is 12.6. The lowest BCUT2D eigenvalue weighted by atomic mass is 10.2. The van der Waals surface area contributed by atoms with E-state index in [1.807, 2.05) is 5.32 Å². The van der Waals surface area contributed by atoms with Crippen molar-refractivity contribution < 1.29 is 34.3 Å². The van der Waals surface area contributed by atoms with Crippen LogP contribution in [0.5, 0.6) is 0 Å². The van der Waals surface area contributed by atoms with Crippen LogP contribution in [0.2, 0.25) is 0 Å². The molecule has 1 unspecified atom stereocenters. The number of anilines is 1. The first kappa shape index (κ1) is 23.5. The van der Waals surface area contributed by atoms with Crippen molar-refractivity contribution in [3.63, 3.8) is 0 Å². The minimum Gasteiger partial charge on any atom is -0.481 e. The molecule has 13 nitrogen and oxygen atoms in total. The molecule has 1 atom stereocenters. The molecule has 5 N–H and O–H groups in total. The fourth-order valence-electron chi connectivity index (χ4n) is 2.35. The van der Waals surface area contributed by atoms with E-state index in [0.717, 1.165) is 12.3 Å². The predicted octanol–water partition coefficient (Wildman–Crippen LogP) is 0.717. The molecule has 1 heterocycles. The third-order valence-electron chi connectivity index (χ3n) is 3.85. The van der Waals surface area contributed by atoms with Crippen molar-refractivity contribution in [3.05, 3.63) is 76.2 Å². The third-order valence-corrected chi connectivity index (χ3v) is 3.85. The number of rotatable bonds is 10. The zero-order valence-electron chi connectivity index (χ0n) is 16.2. The molecule has 1 aromatic carbocycles. The van der Waals surface area contributed by atoms with Crippen molar-refractivity contribution >= 4 is 35.3 Å². The zero-order valence-corrected chi connectivity index (χ0v) is 16.2. The van der Waals surface area contributed by atoms with Crippen molar-refractivity contribution in [2.75, 3.05) is 5.32 Å². The molecule has 0 bridgehead atoms. The molecule has 0 saturated heterocycles. The highest BCUT2D eigenvalue weighted by atomic mass is 16.6. The van der Waals surface area contributed by atoms with Gasteiger partial charge < -0.3 is 26.2 Å². The second-order valence-electron chi connectivity index (χ2n) is 6.11. The summed E-state index contributed by atoms with van der Waals surface area (Å²) >= 11 is 0. The van der Waals surface area contributed by atoms with Gasteiger partial charge in [-0.05, 0) is 18.2 Å². The van der Waals surface area contributed by atoms with Gasteiger partial charge >= 0.3 is 17.6 Å². The zero-order chi connectivity index (χ0) is 23.7. The number of aliphatic carboxylic acids is 2. The number of carbonyl (C=O) groups excluding carboxylic acids is 2. The summed E-state index contributed by atoms with van der Waals surface area (Å²) in [6, 6.07) is 8.38. The summed E-state index contributed by atoms with van der Waals surface area (Å²) in [4.78, 5) is 61.3. The molecule has 1 aromatic heterocycles. The number of nitrogens with zero attached hydrogens (tertiary/aromatic N) is 2. The first-order valence-corrected chi connectivity index (χ1v) is 8.87. The van der Waals surface area contributed by atoms with Gasteiger partial charge in [0.25, 0.3) is 11.8 Å². The van der Waals surface area contributed by atoms with E-state index in [4.69, 9.17) is 10.2 Å². The molecule has 166 valence electrons. The average molecular weight is 443 g/mol. The smallest absolute Gasteiger partial charge is 0.326 e. The second-order valence-corrected chi connectivity index (χ2v) is 6.11. The molecule has 0 aliphatic carbocycles. The molecule has 32 heavy (non-hydrogen) atoms. The summed E-state index contributed by atoms with van der Waals surface area (Å²) in [5, 5.41) is 35.7. The summed E-state index contributed by atoms with van der Waals surface area (Å²) in [5.41, 5.74) is -0.794. The number of carboxylic acids is 2. The summed E-state index contributed by atoms with van der Waals surface area (Å²) in [6.45, 7) is 0. The molecular weight excluding hydrogens is 426 g/mol. The van der Waals surface area contributed by atoms with Gasteiger partial charge in [-0.1, -0.05) is 18.2 Å². The number of amides is 2. The van der Waals surface area contributed by atoms with Crippen molar-refractivity contribution in [3.8, 4) is 0 Å². The Morgan fingerprint density at radius 3 is 2.38 bits per heavy atom. The lowest BCUT2D eigenvalue weighted by molar-refractivity contribution is -0.384. The average Bonchev–Trinajstić information content (AvgIpc) is 2.76. The Hall–Kier alpha value is -4.81. The van der Waals surface area contributed by atoms with Crippen LogP contribution in [0.15, 0.2) is 60.6 Å². The number of hydrogen-bond acceptors (Lipinski definition) is 8. The number of aromatic nitrogens is 1. The largest absolute Gasteiger partial charge is 0.481 e. The number of carbonyl (C=O) groups is 4. The predicted molar refractivity (Wildman–Crippen MR) is 108 cm³/mol. The number of nitro groups is 1. The standard InChI is InChI=1S/C19H17N5O8/c25-15(26)9-12(19(29)30)22-18(28)13(23-17(27)11-5-2-1-3-6-11)10-21-16-14(24(31)32)7-4-8-20-16/h1-8,10,12H,9H2,(H,20,21)(H,22,28)(H,23,27)(H,25,26)(H,29,30)/b13-10-. The summed E-state index contributed by atoms with van der Waals surface area (Å²) < 4.78 is 0. The second kappa shape index (κ2) is 10.8. The Morgan fingerprint density at radius 2 is 1.78 bits per heavy atom. The Kier molecular flexibility index (Phi) is 7.94. The van der Waals surface area contributed by atoms with Crippen LogP contribution in [0.4, 0.5) is 11.5 Å². The van der Waals surface area contributed by atoms with Crippen LogP contribution in [0.1, 0.15) is 16.8 Å². The SMILES string of the molecule is O=C(O)CC(NC(=O)/C(=C/Nc1ncccc1[N+](=O)[O-])NC(=O)c1ccccc1)C(=O)O. The number of benzene rings is 1. The van der Waals surface area contributed by atoms with Gasteiger partial charge in [0.15, 0.2) is 0 Å². The summed E-state index contributed by atoms with van der Waals surface area (Å²) in [7, 11) is 0. The number of hydrogen-bond donors (Lipinski definition) is 5. The van der Waals surface area contributed by atoms with E-state index >= 15 is 0 Å². The normalized spacial score (nSPS) is 11.7. The van der Waals surface area contributed by atoms with Crippen molar-refractivity contribution in [1.29, 1.82) is 0 Å². The fourth-order valence-corrected chi connectivity index (χ4v) is 2.35. The van der Waals surface area contributed by atoms with Gasteiger partial charge in [0.2, 0.25) is 5.82 Å². The molecular formula is C19H17N5O8. The molecule has 0 aliphatic heterocycles. The lowest BCUT2D eigenvalue weighted by Crippen LogP contribution is -2.45. The maximum Gasteiger partial charge on any atom is 0.326 e. The van der Waals surface area contributed by atoms with E-state index < -0.39 is 52.5 Å². The van der Waals surface area contributed by atoms with Gasteiger partial charge in [-0.3, -0.25) is 24.5 Å². The van der Waals surface area contributed by atoms with Gasteiger partial charge in [-0.15, -0.1) is 0 Å². The Bertz CT molecular complexity index is 1070. The lowest BCUT2D eigenvalue weighted by Gasteiger charge is -2.15. The van der Waals surface area contributed by atoms with Crippen molar-refractivity contribution in [2.45, 2.75) is 12.5 Å². The van der Waals surface area contributed by atoms with Crippen molar-refractivity contribution in [1.82, 2.24) is 15.6 Å². The molecule has 13 heteroatoms. The first-order chi connectivity index (χ1) is 15.2. The summed E-state index contributed by atoms with van der Waals surface area (Å²) in [5.74, 6) is -5.22. The molecule has 0 aliphatic rings. The van der Waals surface area contributed by atoms with Gasteiger partial charge in [0.1, 0.15) is 11.7 Å². The number of nitrogens with one attached hydrogen (secondary N) is 3. The van der Waals surface area contributed by atoms with E-state index in [1.165, 1.54) is 24.4 Å². The highest BCUT2D eigenvalue weighted by Gasteiger charge is 2.25. The van der Waals surface area contributed by atoms with Crippen molar-refractivity contribution in [2.24, 2.45) is 0 Å². The van der Waals surface area contributed by atoms with Crippen LogP contribution in [0, 0.1) is 10.1 Å². The van der Waals surface area contributed by atoms with Crippen LogP contribution in [-0.4, -0.2) is 49.9 Å². The van der Waals surface area contributed by atoms with E-state index in [1.54, 1.807) is 18.2 Å². The molecule has 2 amide bonds. The molecule has 2 aromatic rings. The van der Waals surface area contributed by atoms with E-state index in [0.29, 0.717) is 0 Å². The minimum absolute atomic E-state index is 0.162. The van der Waals surface area contributed by atoms with Gasteiger partial charge in [0.05, 0.1) is 11.3 Å². The summed E-state index contributed by atoms with van der Waals surface area (Å²) in [6.07, 6.45) is 1.21. The van der Waals surface area contributed by atoms with Gasteiger partial charge in [-0.25, -0.2) is 9.78 Å². The molecule has 0 fully saturated rings. The minimum atomic E-state index is -1.79. The fraction of sp³-hybridized carbons (Fsp3) is 0.105. The van der Waals surface area contributed by atoms with Crippen LogP contribution in [-0.2, 0) is 14.4 Å².